The fraction of sp³-hybridized carbons (Fsp3) is 0.0526. The summed E-state index contributed by atoms with van der Waals surface area (Å²) in [4.78, 5) is 24.0. The van der Waals surface area contributed by atoms with Gasteiger partial charge in [0.15, 0.2) is 23.1 Å². The lowest BCUT2D eigenvalue weighted by atomic mass is 10.0. The molecule has 0 aliphatic carbocycles. The van der Waals surface area contributed by atoms with Gasteiger partial charge in [0.05, 0.1) is 11.4 Å². The number of aromatic nitrogens is 4. The van der Waals surface area contributed by atoms with Crippen LogP contribution < -0.4 is 5.73 Å². The number of halogens is 2. The SMILES string of the molecule is Cc1cnc2ccc(-c3nc(C(=O)O)c(N)nc3-c3ccc(F)c(F)c3)cn12. The number of benzene rings is 1. The summed E-state index contributed by atoms with van der Waals surface area (Å²) >= 11 is 0. The number of pyridine rings is 1. The number of hydrogen-bond donors (Lipinski definition) is 2. The molecule has 9 heteroatoms. The van der Waals surface area contributed by atoms with E-state index in [1.165, 1.54) is 6.07 Å². The Morgan fingerprint density at radius 2 is 1.79 bits per heavy atom. The van der Waals surface area contributed by atoms with E-state index in [9.17, 15) is 18.7 Å². The molecule has 7 nitrogen and oxygen atoms in total. The van der Waals surface area contributed by atoms with Gasteiger partial charge in [-0.3, -0.25) is 0 Å². The first-order valence-corrected chi connectivity index (χ1v) is 8.15. The minimum absolute atomic E-state index is 0.138. The van der Waals surface area contributed by atoms with Crippen LogP contribution in [0.2, 0.25) is 0 Å². The Labute approximate surface area is 157 Å². The first-order chi connectivity index (χ1) is 13.3. The number of nitrogens with two attached hydrogens (primary N) is 1. The fourth-order valence-corrected chi connectivity index (χ4v) is 2.89. The second-order valence-electron chi connectivity index (χ2n) is 6.13. The minimum Gasteiger partial charge on any atom is -0.476 e. The molecule has 0 fully saturated rings. The largest absolute Gasteiger partial charge is 0.476 e. The Morgan fingerprint density at radius 1 is 1.07 bits per heavy atom. The lowest BCUT2D eigenvalue weighted by Gasteiger charge is -2.12. The third kappa shape index (κ3) is 2.82. The Bertz CT molecular complexity index is 1250. The van der Waals surface area contributed by atoms with Crippen LogP contribution in [-0.4, -0.2) is 30.4 Å². The number of nitrogen functional groups attached to an aromatic ring is 1. The smallest absolute Gasteiger partial charge is 0.358 e. The van der Waals surface area contributed by atoms with Gasteiger partial charge < -0.3 is 15.2 Å². The van der Waals surface area contributed by atoms with Crippen molar-refractivity contribution in [2.24, 2.45) is 0 Å². The van der Waals surface area contributed by atoms with Gasteiger partial charge in [0.2, 0.25) is 0 Å². The molecule has 28 heavy (non-hydrogen) atoms. The summed E-state index contributed by atoms with van der Waals surface area (Å²) in [7, 11) is 0. The molecule has 4 aromatic rings. The van der Waals surface area contributed by atoms with E-state index in [0.29, 0.717) is 11.2 Å². The molecule has 0 atom stereocenters. The molecule has 0 bridgehead atoms. The van der Waals surface area contributed by atoms with E-state index in [4.69, 9.17) is 5.73 Å². The van der Waals surface area contributed by atoms with Crippen LogP contribution in [0.15, 0.2) is 42.7 Å². The van der Waals surface area contributed by atoms with E-state index >= 15 is 0 Å². The number of aromatic carboxylic acids is 1. The van der Waals surface area contributed by atoms with Crippen molar-refractivity contribution in [3.8, 4) is 22.5 Å². The second-order valence-corrected chi connectivity index (χ2v) is 6.13. The Kier molecular flexibility index (Phi) is 3.99. The number of fused-ring (bicyclic) bond motifs is 1. The predicted octanol–water partition coefficient (Wildman–Crippen LogP) is 3.33. The lowest BCUT2D eigenvalue weighted by Crippen LogP contribution is -2.10. The van der Waals surface area contributed by atoms with Crippen molar-refractivity contribution in [2.75, 3.05) is 5.73 Å². The van der Waals surface area contributed by atoms with E-state index in [2.05, 4.69) is 15.0 Å². The zero-order valence-corrected chi connectivity index (χ0v) is 14.5. The zero-order valence-electron chi connectivity index (χ0n) is 14.5. The summed E-state index contributed by atoms with van der Waals surface area (Å²) in [6.07, 6.45) is 3.40. The molecule has 0 saturated heterocycles. The van der Waals surface area contributed by atoms with Gasteiger partial charge in [-0.2, -0.15) is 0 Å². The highest BCUT2D eigenvalue weighted by Crippen LogP contribution is 2.32. The minimum atomic E-state index is -1.34. The number of nitrogens with zero attached hydrogens (tertiary/aromatic N) is 4. The van der Waals surface area contributed by atoms with Crippen molar-refractivity contribution >= 4 is 17.4 Å². The van der Waals surface area contributed by atoms with E-state index in [0.717, 1.165) is 17.8 Å². The lowest BCUT2D eigenvalue weighted by molar-refractivity contribution is 0.0691. The number of anilines is 1. The maximum absolute atomic E-state index is 13.8. The van der Waals surface area contributed by atoms with Crippen LogP contribution in [-0.2, 0) is 0 Å². The molecule has 0 saturated carbocycles. The van der Waals surface area contributed by atoms with Crippen LogP contribution in [0.5, 0.6) is 0 Å². The van der Waals surface area contributed by atoms with Crippen LogP contribution in [0.4, 0.5) is 14.6 Å². The Hall–Kier alpha value is -3.88. The molecule has 0 radical (unpaired) electrons. The average Bonchev–Trinajstić information content (AvgIpc) is 3.04. The fourth-order valence-electron chi connectivity index (χ4n) is 2.89. The maximum atomic E-state index is 13.8. The van der Waals surface area contributed by atoms with Crippen LogP contribution >= 0.6 is 0 Å². The van der Waals surface area contributed by atoms with Gasteiger partial charge in [0, 0.05) is 29.2 Å². The van der Waals surface area contributed by atoms with Crippen molar-refractivity contribution in [1.82, 2.24) is 19.4 Å². The van der Waals surface area contributed by atoms with Crippen molar-refractivity contribution in [3.63, 3.8) is 0 Å². The monoisotopic (exact) mass is 381 g/mol. The predicted molar refractivity (Wildman–Crippen MR) is 97.7 cm³/mol. The van der Waals surface area contributed by atoms with Gasteiger partial charge in [-0.05, 0) is 37.3 Å². The summed E-state index contributed by atoms with van der Waals surface area (Å²) in [6, 6.07) is 6.67. The van der Waals surface area contributed by atoms with Crippen molar-refractivity contribution in [1.29, 1.82) is 0 Å². The molecule has 140 valence electrons. The van der Waals surface area contributed by atoms with Gasteiger partial charge in [-0.15, -0.1) is 0 Å². The van der Waals surface area contributed by atoms with E-state index < -0.39 is 23.3 Å². The number of imidazole rings is 1. The number of rotatable bonds is 3. The van der Waals surface area contributed by atoms with Crippen LogP contribution in [0.3, 0.4) is 0 Å². The molecular weight excluding hydrogens is 368 g/mol. The first kappa shape index (κ1) is 17.5. The van der Waals surface area contributed by atoms with Crippen LogP contribution in [0, 0.1) is 18.6 Å². The van der Waals surface area contributed by atoms with Gasteiger partial charge >= 0.3 is 5.97 Å². The summed E-state index contributed by atoms with van der Waals surface area (Å²) in [5.74, 6) is -3.74. The van der Waals surface area contributed by atoms with Gasteiger partial charge in [0.25, 0.3) is 0 Å². The Balaban J connectivity index is 2.01. The van der Waals surface area contributed by atoms with Crippen LogP contribution in [0.25, 0.3) is 28.2 Å². The number of hydrogen-bond acceptors (Lipinski definition) is 5. The number of carbonyl (C=O) groups is 1. The first-order valence-electron chi connectivity index (χ1n) is 8.15. The van der Waals surface area contributed by atoms with Gasteiger partial charge in [-0.25, -0.2) is 28.5 Å². The third-order valence-electron chi connectivity index (χ3n) is 4.28. The van der Waals surface area contributed by atoms with E-state index in [1.807, 2.05) is 6.92 Å². The van der Waals surface area contributed by atoms with Gasteiger partial charge in [0.1, 0.15) is 5.65 Å². The summed E-state index contributed by atoms with van der Waals surface area (Å²) in [5, 5.41) is 9.35. The molecule has 0 spiro atoms. The quantitative estimate of drug-likeness (QED) is 0.564. The van der Waals surface area contributed by atoms with Crippen LogP contribution in [0.1, 0.15) is 16.2 Å². The second kappa shape index (κ2) is 6.38. The normalized spacial score (nSPS) is 11.1. The number of aryl methyl sites for hydroxylation is 1. The maximum Gasteiger partial charge on any atom is 0.358 e. The topological polar surface area (TPSA) is 106 Å². The molecule has 3 N–H and O–H groups in total. The molecule has 3 aromatic heterocycles. The highest BCUT2D eigenvalue weighted by atomic mass is 19.2. The van der Waals surface area contributed by atoms with E-state index in [-0.39, 0.29) is 22.8 Å². The average molecular weight is 381 g/mol. The molecular formula is C19H13F2N5O2. The molecule has 0 aliphatic heterocycles. The summed E-state index contributed by atoms with van der Waals surface area (Å²) < 4.78 is 28.9. The highest BCUT2D eigenvalue weighted by Gasteiger charge is 2.20. The summed E-state index contributed by atoms with van der Waals surface area (Å²) in [5.41, 5.74) is 7.90. The standard InChI is InChI=1S/C19H13F2N5O2/c1-9-7-23-14-5-3-11(8-26(9)14)16-15(10-2-4-12(20)13(21)6-10)25-18(22)17(24-16)19(27)28/h2-8H,1H3,(H2,22,25)(H,27,28). The molecule has 0 unspecified atom stereocenters. The summed E-state index contributed by atoms with van der Waals surface area (Å²) in [6.45, 7) is 1.86. The highest BCUT2D eigenvalue weighted by molar-refractivity contribution is 5.93. The van der Waals surface area contributed by atoms with Crippen molar-refractivity contribution in [2.45, 2.75) is 6.92 Å². The van der Waals surface area contributed by atoms with Crippen molar-refractivity contribution < 1.29 is 18.7 Å². The third-order valence-corrected chi connectivity index (χ3v) is 4.28. The Morgan fingerprint density at radius 3 is 2.50 bits per heavy atom. The molecule has 0 aliphatic rings. The van der Waals surface area contributed by atoms with Gasteiger partial charge in [-0.1, -0.05) is 0 Å². The molecule has 4 rings (SSSR count). The zero-order chi connectivity index (χ0) is 20.0. The number of carboxylic acids is 1. The molecule has 0 amide bonds. The van der Waals surface area contributed by atoms with Crippen molar-refractivity contribution in [3.05, 3.63) is 65.7 Å². The number of carboxylic acid groups (broad SMARTS) is 1. The molecule has 3 heterocycles. The van der Waals surface area contributed by atoms with E-state index in [1.54, 1.807) is 28.9 Å². The molecule has 1 aromatic carbocycles.